The molecule has 138 valence electrons. The maximum Gasteiger partial charge on any atom is 0.254 e. The van der Waals surface area contributed by atoms with Gasteiger partial charge in [-0.25, -0.2) is 18.7 Å². The SMILES string of the molecule is O=C(NCCc1cccc(Cl)c1)c1cnc(Nc2ccc(F)cc2F)nc1. The van der Waals surface area contributed by atoms with Gasteiger partial charge in [-0.2, -0.15) is 0 Å². The van der Waals surface area contributed by atoms with E-state index in [4.69, 9.17) is 11.6 Å². The van der Waals surface area contributed by atoms with E-state index < -0.39 is 11.6 Å². The molecule has 0 saturated heterocycles. The molecule has 2 N–H and O–H groups in total. The van der Waals surface area contributed by atoms with Crippen LogP contribution in [-0.4, -0.2) is 22.4 Å². The summed E-state index contributed by atoms with van der Waals surface area (Å²) < 4.78 is 26.5. The molecule has 0 aliphatic carbocycles. The lowest BCUT2D eigenvalue weighted by atomic mass is 10.1. The number of nitrogens with zero attached hydrogens (tertiary/aromatic N) is 2. The van der Waals surface area contributed by atoms with Crippen molar-refractivity contribution in [3.05, 3.63) is 82.6 Å². The molecule has 0 saturated carbocycles. The van der Waals surface area contributed by atoms with Crippen molar-refractivity contribution in [2.24, 2.45) is 0 Å². The predicted molar refractivity (Wildman–Crippen MR) is 99.2 cm³/mol. The minimum atomic E-state index is -0.763. The van der Waals surface area contributed by atoms with Crippen molar-refractivity contribution in [2.75, 3.05) is 11.9 Å². The van der Waals surface area contributed by atoms with E-state index in [1.165, 1.54) is 18.5 Å². The van der Waals surface area contributed by atoms with Gasteiger partial charge >= 0.3 is 0 Å². The summed E-state index contributed by atoms with van der Waals surface area (Å²) >= 11 is 5.92. The summed E-state index contributed by atoms with van der Waals surface area (Å²) in [6.45, 7) is 0.431. The Hall–Kier alpha value is -3.06. The molecule has 0 fully saturated rings. The second-order valence-electron chi connectivity index (χ2n) is 5.68. The maximum absolute atomic E-state index is 13.6. The number of amides is 1. The van der Waals surface area contributed by atoms with Gasteiger partial charge in [0, 0.05) is 30.0 Å². The Labute approximate surface area is 159 Å². The molecule has 8 heteroatoms. The third kappa shape index (κ3) is 5.21. The van der Waals surface area contributed by atoms with Crippen molar-refractivity contribution in [2.45, 2.75) is 6.42 Å². The van der Waals surface area contributed by atoms with Crippen LogP contribution in [0.15, 0.2) is 54.9 Å². The lowest BCUT2D eigenvalue weighted by Crippen LogP contribution is -2.26. The lowest BCUT2D eigenvalue weighted by Gasteiger charge is -2.08. The maximum atomic E-state index is 13.6. The minimum Gasteiger partial charge on any atom is -0.352 e. The van der Waals surface area contributed by atoms with Crippen LogP contribution in [0.5, 0.6) is 0 Å². The van der Waals surface area contributed by atoms with Crippen LogP contribution in [0.4, 0.5) is 20.4 Å². The van der Waals surface area contributed by atoms with Gasteiger partial charge in [-0.15, -0.1) is 0 Å². The fourth-order valence-corrected chi connectivity index (χ4v) is 2.55. The molecule has 1 aromatic heterocycles. The van der Waals surface area contributed by atoms with Crippen molar-refractivity contribution in [1.82, 2.24) is 15.3 Å². The van der Waals surface area contributed by atoms with Crippen LogP contribution in [-0.2, 0) is 6.42 Å². The van der Waals surface area contributed by atoms with E-state index in [2.05, 4.69) is 20.6 Å². The predicted octanol–water partition coefficient (Wildman–Crippen LogP) is 4.12. The Bertz CT molecular complexity index is 951. The van der Waals surface area contributed by atoms with Gasteiger partial charge in [-0.1, -0.05) is 23.7 Å². The molecule has 0 bridgehead atoms. The van der Waals surface area contributed by atoms with Crippen molar-refractivity contribution in [3.8, 4) is 0 Å². The summed E-state index contributed by atoms with van der Waals surface area (Å²) in [5, 5.41) is 6.04. The van der Waals surface area contributed by atoms with Crippen LogP contribution in [0.1, 0.15) is 15.9 Å². The molecule has 0 atom stereocenters. The number of carbonyl (C=O) groups excluding carboxylic acids is 1. The number of benzene rings is 2. The third-order valence-corrected chi connectivity index (χ3v) is 3.91. The molecule has 27 heavy (non-hydrogen) atoms. The Morgan fingerprint density at radius 1 is 1.07 bits per heavy atom. The summed E-state index contributed by atoms with van der Waals surface area (Å²) in [6.07, 6.45) is 3.29. The molecule has 2 aromatic carbocycles. The van der Waals surface area contributed by atoms with E-state index in [0.717, 1.165) is 17.7 Å². The molecular weight excluding hydrogens is 374 g/mol. The first-order chi connectivity index (χ1) is 13.0. The Morgan fingerprint density at radius 3 is 2.56 bits per heavy atom. The van der Waals surface area contributed by atoms with Crippen molar-refractivity contribution >= 4 is 29.1 Å². The molecule has 3 aromatic rings. The summed E-state index contributed by atoms with van der Waals surface area (Å²) in [4.78, 5) is 20.1. The average Bonchev–Trinajstić information content (AvgIpc) is 2.64. The monoisotopic (exact) mass is 388 g/mol. The normalized spacial score (nSPS) is 10.5. The highest BCUT2D eigenvalue weighted by atomic mass is 35.5. The highest BCUT2D eigenvalue weighted by Crippen LogP contribution is 2.18. The Kier molecular flexibility index (Phi) is 5.93. The van der Waals surface area contributed by atoms with Gasteiger partial charge in [0.25, 0.3) is 5.91 Å². The highest BCUT2D eigenvalue weighted by Gasteiger charge is 2.09. The average molecular weight is 389 g/mol. The van der Waals surface area contributed by atoms with E-state index in [0.29, 0.717) is 18.0 Å². The second kappa shape index (κ2) is 8.55. The highest BCUT2D eigenvalue weighted by molar-refractivity contribution is 6.30. The van der Waals surface area contributed by atoms with E-state index in [1.54, 1.807) is 6.07 Å². The molecule has 3 rings (SSSR count). The number of rotatable bonds is 6. The van der Waals surface area contributed by atoms with Crippen LogP contribution in [0.2, 0.25) is 5.02 Å². The molecular formula is C19H15ClF2N4O. The van der Waals surface area contributed by atoms with Crippen molar-refractivity contribution in [3.63, 3.8) is 0 Å². The Balaban J connectivity index is 1.55. The zero-order valence-corrected chi connectivity index (χ0v) is 14.8. The zero-order chi connectivity index (χ0) is 19.2. The largest absolute Gasteiger partial charge is 0.352 e. The topological polar surface area (TPSA) is 66.9 Å². The first-order valence-electron chi connectivity index (χ1n) is 8.08. The fraction of sp³-hybridized carbons (Fsp3) is 0.105. The number of halogens is 3. The number of aromatic nitrogens is 2. The minimum absolute atomic E-state index is 0.0372. The fourth-order valence-electron chi connectivity index (χ4n) is 2.34. The standard InChI is InChI=1S/C19H15ClF2N4O/c20-14-3-1-2-12(8-14)6-7-23-18(27)13-10-24-19(25-11-13)26-17-5-4-15(21)9-16(17)22/h1-5,8-11H,6-7H2,(H,23,27)(H,24,25,26). The smallest absolute Gasteiger partial charge is 0.254 e. The number of nitrogens with one attached hydrogen (secondary N) is 2. The van der Waals surface area contributed by atoms with Gasteiger partial charge in [0.2, 0.25) is 5.95 Å². The number of anilines is 2. The van der Waals surface area contributed by atoms with E-state index >= 15 is 0 Å². The second-order valence-corrected chi connectivity index (χ2v) is 6.12. The van der Waals surface area contributed by atoms with Crippen molar-refractivity contribution < 1.29 is 13.6 Å². The van der Waals surface area contributed by atoms with Crippen molar-refractivity contribution in [1.29, 1.82) is 0 Å². The van der Waals surface area contributed by atoms with Gasteiger partial charge in [0.1, 0.15) is 11.6 Å². The van der Waals surface area contributed by atoms with E-state index in [9.17, 15) is 13.6 Å². The van der Waals surface area contributed by atoms with Gasteiger partial charge in [0.15, 0.2) is 0 Å². The molecule has 0 unspecified atom stereocenters. The Morgan fingerprint density at radius 2 is 1.85 bits per heavy atom. The molecule has 5 nitrogen and oxygen atoms in total. The summed E-state index contributed by atoms with van der Waals surface area (Å²) in [7, 11) is 0. The molecule has 0 radical (unpaired) electrons. The summed E-state index contributed by atoms with van der Waals surface area (Å²) in [5.74, 6) is -1.67. The van der Waals surface area contributed by atoms with Gasteiger partial charge in [-0.3, -0.25) is 4.79 Å². The van der Waals surface area contributed by atoms with E-state index in [-0.39, 0.29) is 23.1 Å². The van der Waals surface area contributed by atoms with Gasteiger partial charge in [0.05, 0.1) is 11.3 Å². The van der Waals surface area contributed by atoms with Crippen LogP contribution in [0, 0.1) is 11.6 Å². The molecule has 0 aliphatic heterocycles. The van der Waals surface area contributed by atoms with Crippen LogP contribution < -0.4 is 10.6 Å². The number of hydrogen-bond acceptors (Lipinski definition) is 4. The molecule has 0 spiro atoms. The summed E-state index contributed by atoms with van der Waals surface area (Å²) in [5.41, 5.74) is 1.32. The first-order valence-corrected chi connectivity index (χ1v) is 8.46. The zero-order valence-electron chi connectivity index (χ0n) is 14.0. The molecule has 1 heterocycles. The van der Waals surface area contributed by atoms with Crippen LogP contribution >= 0.6 is 11.6 Å². The quantitative estimate of drug-likeness (QED) is 0.666. The molecule has 0 aliphatic rings. The summed E-state index contributed by atoms with van der Waals surface area (Å²) in [6, 6.07) is 10.5. The van der Waals surface area contributed by atoms with Crippen LogP contribution in [0.25, 0.3) is 0 Å². The molecule has 1 amide bonds. The van der Waals surface area contributed by atoms with Gasteiger partial charge in [-0.05, 0) is 36.2 Å². The number of carbonyl (C=O) groups is 1. The van der Waals surface area contributed by atoms with E-state index in [1.807, 2.05) is 18.2 Å². The van der Waals surface area contributed by atoms with Gasteiger partial charge < -0.3 is 10.6 Å². The first kappa shape index (κ1) is 18.7. The third-order valence-electron chi connectivity index (χ3n) is 3.68. The lowest BCUT2D eigenvalue weighted by molar-refractivity contribution is 0.0953. The van der Waals surface area contributed by atoms with Crippen LogP contribution in [0.3, 0.4) is 0 Å². The number of hydrogen-bond donors (Lipinski definition) is 2.